The molecule has 3 aliphatic rings. The molecule has 0 radical (unpaired) electrons. The van der Waals surface area contributed by atoms with Gasteiger partial charge in [0.15, 0.2) is 5.17 Å². The third-order valence-corrected chi connectivity index (χ3v) is 10.1. The molecule has 9 nitrogen and oxygen atoms in total. The number of aliphatic imine (C=N–C) groups is 1. The van der Waals surface area contributed by atoms with Crippen molar-refractivity contribution in [3.63, 3.8) is 0 Å². The number of ether oxygens (including phenoxy) is 1. The Hall–Kier alpha value is -3.45. The van der Waals surface area contributed by atoms with Crippen LogP contribution in [0.25, 0.3) is 12.2 Å². The Labute approximate surface area is 280 Å². The zero-order chi connectivity index (χ0) is 31.9. The standard InChI is InChI=1S/C32H31ClN4O5S3/c1-42-30(41)23-10-6-21(7-11-23)19-25-28(39)34-31(44-25)36-17-15-35(16-18-36)27(38)5-3-2-4-14-37-29(40)26(45-32(37)43)20-22-8-12-24(33)13-9-22/h6-13,19-20H,2-5,14-18H2,1H3/b25-19+,26-20-. The highest BCUT2D eigenvalue weighted by Gasteiger charge is 2.32. The Kier molecular flexibility index (Phi) is 11.1. The Morgan fingerprint density at radius 3 is 2.22 bits per heavy atom. The van der Waals surface area contributed by atoms with Crippen LogP contribution in [-0.4, -0.2) is 87.7 Å². The summed E-state index contributed by atoms with van der Waals surface area (Å²) in [7, 11) is 1.33. The van der Waals surface area contributed by atoms with Crippen molar-refractivity contribution in [3.8, 4) is 0 Å². The number of amidine groups is 1. The van der Waals surface area contributed by atoms with Crippen LogP contribution in [0.2, 0.25) is 5.02 Å². The summed E-state index contributed by atoms with van der Waals surface area (Å²) >= 11 is 14.0. The minimum atomic E-state index is -0.415. The van der Waals surface area contributed by atoms with Crippen LogP contribution in [0.3, 0.4) is 0 Å². The molecule has 2 aromatic rings. The summed E-state index contributed by atoms with van der Waals surface area (Å²) in [5.74, 6) is -0.687. The van der Waals surface area contributed by atoms with E-state index in [2.05, 4.69) is 4.99 Å². The van der Waals surface area contributed by atoms with Crippen molar-refractivity contribution < 1.29 is 23.9 Å². The summed E-state index contributed by atoms with van der Waals surface area (Å²) in [6.07, 6.45) is 6.35. The van der Waals surface area contributed by atoms with Crippen LogP contribution in [0.1, 0.15) is 47.2 Å². The van der Waals surface area contributed by atoms with E-state index >= 15 is 0 Å². The highest BCUT2D eigenvalue weighted by atomic mass is 35.5. The van der Waals surface area contributed by atoms with Gasteiger partial charge in [0.1, 0.15) is 4.32 Å². The molecule has 13 heteroatoms. The van der Waals surface area contributed by atoms with Crippen molar-refractivity contribution in [2.75, 3.05) is 39.8 Å². The van der Waals surface area contributed by atoms with Crippen molar-refractivity contribution in [1.82, 2.24) is 14.7 Å². The van der Waals surface area contributed by atoms with E-state index in [0.29, 0.717) is 69.0 Å². The summed E-state index contributed by atoms with van der Waals surface area (Å²) < 4.78 is 5.27. The molecular weight excluding hydrogens is 652 g/mol. The van der Waals surface area contributed by atoms with Crippen molar-refractivity contribution in [1.29, 1.82) is 0 Å². The average molecular weight is 683 g/mol. The molecule has 0 spiro atoms. The van der Waals surface area contributed by atoms with Crippen LogP contribution >= 0.6 is 47.3 Å². The van der Waals surface area contributed by atoms with E-state index in [1.165, 1.54) is 30.6 Å². The van der Waals surface area contributed by atoms with Gasteiger partial charge in [-0.05, 0) is 72.1 Å². The van der Waals surface area contributed by atoms with Crippen molar-refractivity contribution in [3.05, 3.63) is 80.1 Å². The summed E-state index contributed by atoms with van der Waals surface area (Å²) in [6, 6.07) is 14.1. The van der Waals surface area contributed by atoms with E-state index in [9.17, 15) is 19.2 Å². The van der Waals surface area contributed by atoms with Gasteiger partial charge in [0.25, 0.3) is 11.8 Å². The molecule has 0 N–H and O–H groups in total. The lowest BCUT2D eigenvalue weighted by atomic mass is 10.1. The molecule has 45 heavy (non-hydrogen) atoms. The monoisotopic (exact) mass is 682 g/mol. The van der Waals surface area contributed by atoms with Gasteiger partial charge in [0, 0.05) is 44.2 Å². The van der Waals surface area contributed by atoms with Gasteiger partial charge in [-0.1, -0.05) is 66.3 Å². The number of hydrogen-bond donors (Lipinski definition) is 0. The molecule has 0 atom stereocenters. The first-order valence-electron chi connectivity index (χ1n) is 14.5. The van der Waals surface area contributed by atoms with Crippen LogP contribution in [0.4, 0.5) is 0 Å². The van der Waals surface area contributed by atoms with Gasteiger partial charge >= 0.3 is 5.97 Å². The molecule has 0 unspecified atom stereocenters. The van der Waals surface area contributed by atoms with Crippen LogP contribution in [0.5, 0.6) is 0 Å². The molecule has 2 fully saturated rings. The summed E-state index contributed by atoms with van der Waals surface area (Å²) in [4.78, 5) is 60.8. The van der Waals surface area contributed by atoms with Crippen molar-refractivity contribution in [2.24, 2.45) is 4.99 Å². The van der Waals surface area contributed by atoms with E-state index < -0.39 is 5.97 Å². The van der Waals surface area contributed by atoms with E-state index in [1.807, 2.05) is 28.0 Å². The summed E-state index contributed by atoms with van der Waals surface area (Å²) in [5, 5.41) is 1.28. The lowest BCUT2D eigenvalue weighted by molar-refractivity contribution is -0.132. The van der Waals surface area contributed by atoms with Crippen LogP contribution in [-0.2, 0) is 19.1 Å². The highest BCUT2D eigenvalue weighted by molar-refractivity contribution is 8.26. The van der Waals surface area contributed by atoms with Gasteiger partial charge in [0.2, 0.25) is 5.91 Å². The van der Waals surface area contributed by atoms with E-state index in [4.69, 9.17) is 28.6 Å². The maximum atomic E-state index is 12.9. The number of halogens is 1. The smallest absolute Gasteiger partial charge is 0.337 e. The SMILES string of the molecule is COC(=O)c1ccc(/C=C2/SC(N3CCN(C(=O)CCCCCN4C(=O)/C(=C/c5ccc(Cl)cc5)SC4=S)CC3)=NC2=O)cc1. The first-order valence-corrected chi connectivity index (χ1v) is 16.9. The third-order valence-electron chi connectivity index (χ3n) is 7.46. The second-order valence-corrected chi connectivity index (χ2v) is 13.6. The number of methoxy groups -OCH3 is 1. The minimum Gasteiger partial charge on any atom is -0.465 e. The van der Waals surface area contributed by atoms with Gasteiger partial charge in [-0.15, -0.1) is 0 Å². The number of unbranched alkanes of at least 4 members (excludes halogenated alkanes) is 2. The van der Waals surface area contributed by atoms with Gasteiger partial charge in [0.05, 0.1) is 22.5 Å². The van der Waals surface area contributed by atoms with Crippen molar-refractivity contribution >= 4 is 92.7 Å². The van der Waals surface area contributed by atoms with E-state index in [-0.39, 0.29) is 17.7 Å². The lowest BCUT2D eigenvalue weighted by Crippen LogP contribution is -2.49. The van der Waals surface area contributed by atoms with Gasteiger partial charge in [-0.25, -0.2) is 4.79 Å². The Bertz CT molecular complexity index is 1580. The van der Waals surface area contributed by atoms with Gasteiger partial charge in [-0.3, -0.25) is 19.3 Å². The number of thiocarbonyl (C=S) groups is 1. The quantitative estimate of drug-likeness (QED) is 0.143. The Morgan fingerprint density at radius 2 is 1.56 bits per heavy atom. The predicted octanol–water partition coefficient (Wildman–Crippen LogP) is 5.70. The topological polar surface area (TPSA) is 99.6 Å². The molecule has 234 valence electrons. The average Bonchev–Trinajstić information content (AvgIpc) is 3.54. The van der Waals surface area contributed by atoms with Crippen molar-refractivity contribution in [2.45, 2.75) is 25.7 Å². The second-order valence-electron chi connectivity index (χ2n) is 10.5. The number of rotatable bonds is 9. The fourth-order valence-electron chi connectivity index (χ4n) is 4.95. The molecule has 5 rings (SSSR count). The summed E-state index contributed by atoms with van der Waals surface area (Å²) in [5.41, 5.74) is 2.12. The number of thioether (sulfide) groups is 2. The fraction of sp³-hybridized carbons (Fsp3) is 0.312. The number of piperazine rings is 1. The maximum Gasteiger partial charge on any atom is 0.337 e. The highest BCUT2D eigenvalue weighted by Crippen LogP contribution is 2.33. The number of nitrogens with zero attached hydrogens (tertiary/aromatic N) is 4. The zero-order valence-corrected chi connectivity index (χ0v) is 27.8. The predicted molar refractivity (Wildman–Crippen MR) is 184 cm³/mol. The summed E-state index contributed by atoms with van der Waals surface area (Å²) in [6.45, 7) is 2.87. The molecule has 0 bridgehead atoms. The molecule has 0 aliphatic carbocycles. The van der Waals surface area contributed by atoms with E-state index in [0.717, 1.165) is 30.4 Å². The minimum absolute atomic E-state index is 0.0856. The van der Waals surface area contributed by atoms with E-state index in [1.54, 1.807) is 47.4 Å². The lowest BCUT2D eigenvalue weighted by Gasteiger charge is -2.35. The number of benzene rings is 2. The Morgan fingerprint density at radius 1 is 0.911 bits per heavy atom. The largest absolute Gasteiger partial charge is 0.465 e. The molecule has 0 saturated carbocycles. The third kappa shape index (κ3) is 8.43. The maximum absolute atomic E-state index is 12.9. The van der Waals surface area contributed by atoms with Gasteiger partial charge in [-0.2, -0.15) is 4.99 Å². The molecular formula is C32H31ClN4O5S3. The number of carbonyl (C=O) groups excluding carboxylic acids is 4. The molecule has 3 heterocycles. The number of esters is 1. The molecule has 3 amide bonds. The van der Waals surface area contributed by atoms with Gasteiger partial charge < -0.3 is 14.5 Å². The number of amides is 3. The molecule has 2 aromatic carbocycles. The molecule has 3 aliphatic heterocycles. The normalized spacial score (nSPS) is 18.8. The molecule has 2 saturated heterocycles. The Balaban J connectivity index is 1.01. The second kappa shape index (κ2) is 15.2. The first-order chi connectivity index (χ1) is 21.7. The number of hydrogen-bond acceptors (Lipinski definition) is 9. The zero-order valence-electron chi connectivity index (χ0n) is 24.6. The number of carbonyl (C=O) groups is 4. The molecule has 0 aromatic heterocycles. The van der Waals surface area contributed by atoms with Crippen LogP contribution < -0.4 is 0 Å². The van der Waals surface area contributed by atoms with Crippen LogP contribution in [0.15, 0.2) is 63.3 Å². The van der Waals surface area contributed by atoms with Crippen LogP contribution in [0, 0.1) is 0 Å². The fourth-order valence-corrected chi connectivity index (χ4v) is 7.35. The first kappa shape index (κ1) is 32.9.